The summed E-state index contributed by atoms with van der Waals surface area (Å²) in [6, 6.07) is 12.5. The Morgan fingerprint density at radius 1 is 0.950 bits per heavy atom. The molecule has 1 fully saturated rings. The van der Waals surface area contributed by atoms with Gasteiger partial charge < -0.3 is 14.9 Å². The highest BCUT2D eigenvalue weighted by Crippen LogP contribution is 2.23. The average molecular weight is 269 g/mol. The van der Waals surface area contributed by atoms with Gasteiger partial charge in [-0.2, -0.15) is 0 Å². The van der Waals surface area contributed by atoms with Crippen molar-refractivity contribution < 1.29 is 5.11 Å². The van der Waals surface area contributed by atoms with Gasteiger partial charge in [0.1, 0.15) is 0 Å². The van der Waals surface area contributed by atoms with Gasteiger partial charge in [0.05, 0.1) is 6.61 Å². The summed E-state index contributed by atoms with van der Waals surface area (Å²) in [6.07, 6.45) is 3.54. The van der Waals surface area contributed by atoms with Crippen LogP contribution in [-0.2, 0) is 6.61 Å². The first-order chi connectivity index (χ1) is 9.88. The molecule has 1 aliphatic rings. The van der Waals surface area contributed by atoms with Crippen molar-refractivity contribution in [3.63, 3.8) is 0 Å². The van der Waals surface area contributed by atoms with Crippen LogP contribution in [0.2, 0.25) is 0 Å². The number of nitrogens with zero attached hydrogens (tertiary/aromatic N) is 3. The lowest BCUT2D eigenvalue weighted by Crippen LogP contribution is -2.46. The Morgan fingerprint density at radius 2 is 1.65 bits per heavy atom. The van der Waals surface area contributed by atoms with Crippen LogP contribution in [-0.4, -0.2) is 36.3 Å². The topological polar surface area (TPSA) is 39.6 Å². The first-order valence-electron chi connectivity index (χ1n) is 6.97. The van der Waals surface area contributed by atoms with Gasteiger partial charge in [-0.1, -0.05) is 18.2 Å². The van der Waals surface area contributed by atoms with Crippen molar-refractivity contribution in [2.75, 3.05) is 36.0 Å². The predicted octanol–water partition coefficient (Wildman–Crippen LogP) is 1.90. The lowest BCUT2D eigenvalue weighted by molar-refractivity contribution is 0.281. The first-order valence-corrected chi connectivity index (χ1v) is 6.97. The Labute approximate surface area is 119 Å². The van der Waals surface area contributed by atoms with Gasteiger partial charge in [-0.3, -0.25) is 4.98 Å². The number of aliphatic hydroxyl groups excluding tert-OH is 1. The second-order valence-electron chi connectivity index (χ2n) is 4.97. The summed E-state index contributed by atoms with van der Waals surface area (Å²) in [5.41, 5.74) is 3.29. The molecule has 0 bridgehead atoms. The van der Waals surface area contributed by atoms with Gasteiger partial charge in [-0.05, 0) is 18.2 Å². The minimum Gasteiger partial charge on any atom is -0.392 e. The molecule has 1 aromatic heterocycles. The quantitative estimate of drug-likeness (QED) is 0.924. The van der Waals surface area contributed by atoms with Crippen molar-refractivity contribution in [2.24, 2.45) is 0 Å². The molecule has 2 heterocycles. The van der Waals surface area contributed by atoms with Crippen LogP contribution < -0.4 is 9.80 Å². The molecule has 3 rings (SSSR count). The summed E-state index contributed by atoms with van der Waals surface area (Å²) in [5, 5.41) is 9.40. The smallest absolute Gasteiger partial charge is 0.0717 e. The molecule has 20 heavy (non-hydrogen) atoms. The van der Waals surface area contributed by atoms with E-state index in [9.17, 15) is 5.11 Å². The highest BCUT2D eigenvalue weighted by molar-refractivity contribution is 5.54. The zero-order valence-electron chi connectivity index (χ0n) is 11.4. The molecule has 0 unspecified atom stereocenters. The highest BCUT2D eigenvalue weighted by atomic mass is 16.3. The van der Waals surface area contributed by atoms with Crippen molar-refractivity contribution in [1.29, 1.82) is 0 Å². The zero-order chi connectivity index (χ0) is 13.8. The SMILES string of the molecule is OCc1cnccc1N1CCN(c2ccccc2)CC1. The Morgan fingerprint density at radius 3 is 2.35 bits per heavy atom. The van der Waals surface area contributed by atoms with E-state index in [4.69, 9.17) is 0 Å². The lowest BCUT2D eigenvalue weighted by atomic mass is 10.2. The number of rotatable bonds is 3. The molecule has 0 saturated carbocycles. The maximum atomic E-state index is 9.40. The molecule has 1 aliphatic heterocycles. The van der Waals surface area contributed by atoms with Gasteiger partial charge >= 0.3 is 0 Å². The molecule has 1 saturated heterocycles. The van der Waals surface area contributed by atoms with E-state index in [0.717, 1.165) is 37.4 Å². The number of para-hydroxylation sites is 1. The number of aromatic nitrogens is 1. The van der Waals surface area contributed by atoms with Crippen molar-refractivity contribution in [1.82, 2.24) is 4.98 Å². The molecule has 0 aliphatic carbocycles. The van der Waals surface area contributed by atoms with Crippen LogP contribution in [0.4, 0.5) is 11.4 Å². The molecule has 4 heteroatoms. The molecule has 2 aromatic rings. The summed E-state index contributed by atoms with van der Waals surface area (Å²) >= 11 is 0. The third kappa shape index (κ3) is 2.60. The van der Waals surface area contributed by atoms with E-state index in [2.05, 4.69) is 39.0 Å². The van der Waals surface area contributed by atoms with Crippen LogP contribution in [0.5, 0.6) is 0 Å². The van der Waals surface area contributed by atoms with Gasteiger partial charge in [0.25, 0.3) is 0 Å². The van der Waals surface area contributed by atoms with E-state index in [0.29, 0.717) is 0 Å². The van der Waals surface area contributed by atoms with Gasteiger partial charge in [-0.15, -0.1) is 0 Å². The van der Waals surface area contributed by atoms with Gasteiger partial charge in [-0.25, -0.2) is 0 Å². The van der Waals surface area contributed by atoms with Gasteiger partial charge in [0.15, 0.2) is 0 Å². The molecule has 4 nitrogen and oxygen atoms in total. The summed E-state index contributed by atoms with van der Waals surface area (Å²) in [4.78, 5) is 8.80. The number of hydrogen-bond donors (Lipinski definition) is 1. The fourth-order valence-corrected chi connectivity index (χ4v) is 2.69. The molecule has 0 atom stereocenters. The van der Waals surface area contributed by atoms with Crippen LogP contribution >= 0.6 is 0 Å². The van der Waals surface area contributed by atoms with Crippen molar-refractivity contribution in [2.45, 2.75) is 6.61 Å². The molecule has 104 valence electrons. The fraction of sp³-hybridized carbons (Fsp3) is 0.312. The molecule has 0 amide bonds. The Hall–Kier alpha value is -2.07. The lowest BCUT2D eigenvalue weighted by Gasteiger charge is -2.38. The van der Waals surface area contributed by atoms with Crippen LogP contribution in [0.25, 0.3) is 0 Å². The molecular formula is C16H19N3O. The summed E-state index contributed by atoms with van der Waals surface area (Å²) in [7, 11) is 0. The van der Waals surface area contributed by atoms with E-state index >= 15 is 0 Å². The molecule has 1 N–H and O–H groups in total. The zero-order valence-corrected chi connectivity index (χ0v) is 11.4. The second kappa shape index (κ2) is 5.92. The third-order valence-corrected chi connectivity index (χ3v) is 3.79. The summed E-state index contributed by atoms with van der Waals surface area (Å²) in [6.45, 7) is 3.97. The monoisotopic (exact) mass is 269 g/mol. The fourth-order valence-electron chi connectivity index (χ4n) is 2.69. The minimum absolute atomic E-state index is 0.0437. The van der Waals surface area contributed by atoms with Crippen molar-refractivity contribution in [3.05, 3.63) is 54.4 Å². The Balaban J connectivity index is 1.70. The molecular weight excluding hydrogens is 250 g/mol. The van der Waals surface area contributed by atoms with E-state index in [1.165, 1.54) is 5.69 Å². The summed E-state index contributed by atoms with van der Waals surface area (Å²) in [5.74, 6) is 0. The standard InChI is InChI=1S/C16H19N3O/c20-13-14-12-17-7-6-16(14)19-10-8-18(9-11-19)15-4-2-1-3-5-15/h1-7,12,20H,8-11,13H2. The van der Waals surface area contributed by atoms with Crippen molar-refractivity contribution in [3.8, 4) is 0 Å². The molecule has 0 radical (unpaired) electrons. The van der Waals surface area contributed by atoms with Crippen LogP contribution in [0.1, 0.15) is 5.56 Å². The maximum absolute atomic E-state index is 9.40. The second-order valence-corrected chi connectivity index (χ2v) is 4.97. The predicted molar refractivity (Wildman–Crippen MR) is 81.0 cm³/mol. The molecule has 1 aromatic carbocycles. The number of aliphatic hydroxyl groups is 1. The summed E-state index contributed by atoms with van der Waals surface area (Å²) < 4.78 is 0. The largest absolute Gasteiger partial charge is 0.392 e. The Kier molecular flexibility index (Phi) is 3.83. The van der Waals surface area contributed by atoms with Crippen LogP contribution in [0.15, 0.2) is 48.8 Å². The van der Waals surface area contributed by atoms with Crippen LogP contribution in [0.3, 0.4) is 0 Å². The number of anilines is 2. The normalized spacial score (nSPS) is 15.4. The van der Waals surface area contributed by atoms with Gasteiger partial charge in [0.2, 0.25) is 0 Å². The molecule has 0 spiro atoms. The van der Waals surface area contributed by atoms with E-state index < -0.39 is 0 Å². The highest BCUT2D eigenvalue weighted by Gasteiger charge is 2.19. The van der Waals surface area contributed by atoms with E-state index in [-0.39, 0.29) is 6.61 Å². The van der Waals surface area contributed by atoms with E-state index in [1.807, 2.05) is 12.1 Å². The number of hydrogen-bond acceptors (Lipinski definition) is 4. The number of pyridine rings is 1. The van der Waals surface area contributed by atoms with Crippen molar-refractivity contribution >= 4 is 11.4 Å². The average Bonchev–Trinajstić information content (AvgIpc) is 2.56. The van der Waals surface area contributed by atoms with Crippen LogP contribution in [0, 0.1) is 0 Å². The van der Waals surface area contributed by atoms with E-state index in [1.54, 1.807) is 12.4 Å². The minimum atomic E-state index is 0.0437. The Bertz CT molecular complexity index is 551. The maximum Gasteiger partial charge on any atom is 0.0717 e. The number of piperazine rings is 1. The van der Waals surface area contributed by atoms with Gasteiger partial charge in [0, 0.05) is 55.5 Å². The number of benzene rings is 1. The first kappa shape index (κ1) is 12.9. The third-order valence-electron chi connectivity index (χ3n) is 3.79.